The van der Waals surface area contributed by atoms with Gasteiger partial charge in [0.1, 0.15) is 5.75 Å². The zero-order valence-corrected chi connectivity index (χ0v) is 12.0. The summed E-state index contributed by atoms with van der Waals surface area (Å²) < 4.78 is 10.1. The van der Waals surface area contributed by atoms with Crippen molar-refractivity contribution in [2.75, 3.05) is 26.5 Å². The molecule has 5 nitrogen and oxygen atoms in total. The van der Waals surface area contributed by atoms with Crippen LogP contribution in [-0.2, 0) is 16.0 Å². The topological polar surface area (TPSA) is 87.6 Å². The van der Waals surface area contributed by atoms with Crippen LogP contribution >= 0.6 is 0 Å². The Kier molecular flexibility index (Phi) is 4.18. The Hall–Kier alpha value is -1.75. The first-order chi connectivity index (χ1) is 9.57. The van der Waals surface area contributed by atoms with E-state index in [2.05, 4.69) is 0 Å². The van der Waals surface area contributed by atoms with Gasteiger partial charge in [-0.05, 0) is 42.9 Å². The number of esters is 1. The van der Waals surface area contributed by atoms with Crippen molar-refractivity contribution >= 4 is 11.7 Å². The summed E-state index contributed by atoms with van der Waals surface area (Å²) in [4.78, 5) is 12.2. The van der Waals surface area contributed by atoms with Crippen LogP contribution in [0.25, 0.3) is 0 Å². The highest BCUT2D eigenvalue weighted by molar-refractivity contribution is 5.78. The minimum atomic E-state index is -0.629. The fourth-order valence-electron chi connectivity index (χ4n) is 2.80. The van der Waals surface area contributed by atoms with Crippen LogP contribution in [0.1, 0.15) is 18.4 Å². The van der Waals surface area contributed by atoms with Crippen LogP contribution in [0.15, 0.2) is 18.2 Å². The molecule has 20 heavy (non-hydrogen) atoms. The molecule has 0 radical (unpaired) electrons. The minimum Gasteiger partial charge on any atom is -0.495 e. The molecule has 0 bridgehead atoms. The van der Waals surface area contributed by atoms with Crippen molar-refractivity contribution in [1.82, 2.24) is 0 Å². The molecule has 0 aromatic heterocycles. The first-order valence-corrected chi connectivity index (χ1v) is 6.78. The van der Waals surface area contributed by atoms with Crippen LogP contribution in [0.3, 0.4) is 0 Å². The molecule has 0 spiro atoms. The number of anilines is 1. The van der Waals surface area contributed by atoms with Crippen LogP contribution in [0.2, 0.25) is 0 Å². The Balaban J connectivity index is 2.28. The van der Waals surface area contributed by atoms with Gasteiger partial charge in [-0.1, -0.05) is 6.07 Å². The number of nitrogen functional groups attached to an aromatic ring is 1. The van der Waals surface area contributed by atoms with E-state index in [9.17, 15) is 4.79 Å². The van der Waals surface area contributed by atoms with E-state index in [4.69, 9.17) is 20.9 Å². The standard InChI is InChI=1S/C15H22N2O3/c1-19-13-6-3-10(7-12(13)17)8-15(9-16,11-4-5-11)14(18)20-2/h3,6-7,11H,4-5,8-9,16-17H2,1-2H3. The molecule has 1 unspecified atom stereocenters. The average molecular weight is 278 g/mol. The number of benzene rings is 1. The number of nitrogens with two attached hydrogens (primary N) is 2. The largest absolute Gasteiger partial charge is 0.495 e. The number of hydrogen-bond acceptors (Lipinski definition) is 5. The van der Waals surface area contributed by atoms with E-state index in [-0.39, 0.29) is 12.5 Å². The van der Waals surface area contributed by atoms with E-state index in [1.54, 1.807) is 7.11 Å². The van der Waals surface area contributed by atoms with Crippen LogP contribution in [0.5, 0.6) is 5.75 Å². The Labute approximate surface area is 119 Å². The van der Waals surface area contributed by atoms with Crippen molar-refractivity contribution in [2.45, 2.75) is 19.3 Å². The second kappa shape index (κ2) is 5.71. The number of methoxy groups -OCH3 is 2. The van der Waals surface area contributed by atoms with Crippen LogP contribution in [0.4, 0.5) is 5.69 Å². The summed E-state index contributed by atoms with van der Waals surface area (Å²) in [5, 5.41) is 0. The summed E-state index contributed by atoms with van der Waals surface area (Å²) >= 11 is 0. The Morgan fingerprint density at radius 1 is 1.40 bits per heavy atom. The Bertz CT molecular complexity index is 500. The fraction of sp³-hybridized carbons (Fsp3) is 0.533. The van der Waals surface area contributed by atoms with E-state index < -0.39 is 5.41 Å². The monoisotopic (exact) mass is 278 g/mol. The van der Waals surface area contributed by atoms with Crippen molar-refractivity contribution in [1.29, 1.82) is 0 Å². The SMILES string of the molecule is COC(=O)C(CN)(Cc1ccc(OC)c(N)c1)C1CC1. The van der Waals surface area contributed by atoms with Gasteiger partial charge in [0.05, 0.1) is 25.3 Å². The molecule has 0 amide bonds. The molecular weight excluding hydrogens is 256 g/mol. The summed E-state index contributed by atoms with van der Waals surface area (Å²) in [6, 6.07) is 5.58. The van der Waals surface area contributed by atoms with Crippen molar-refractivity contribution in [3.05, 3.63) is 23.8 Å². The zero-order chi connectivity index (χ0) is 14.8. The van der Waals surface area contributed by atoms with E-state index in [1.165, 1.54) is 7.11 Å². The molecule has 1 aromatic carbocycles. The zero-order valence-electron chi connectivity index (χ0n) is 12.0. The first kappa shape index (κ1) is 14.7. The molecule has 0 saturated heterocycles. The van der Waals surface area contributed by atoms with Gasteiger partial charge in [-0.3, -0.25) is 4.79 Å². The highest BCUT2D eigenvalue weighted by atomic mass is 16.5. The van der Waals surface area contributed by atoms with E-state index in [0.717, 1.165) is 18.4 Å². The molecule has 4 N–H and O–H groups in total. The molecule has 0 heterocycles. The van der Waals surface area contributed by atoms with Gasteiger partial charge in [-0.25, -0.2) is 0 Å². The lowest BCUT2D eigenvalue weighted by Gasteiger charge is -2.30. The summed E-state index contributed by atoms with van der Waals surface area (Å²) in [6.45, 7) is 0.288. The van der Waals surface area contributed by atoms with Crippen molar-refractivity contribution in [3.63, 3.8) is 0 Å². The number of carbonyl (C=O) groups is 1. The van der Waals surface area contributed by atoms with Gasteiger partial charge in [-0.15, -0.1) is 0 Å². The summed E-state index contributed by atoms with van der Waals surface area (Å²) in [5.41, 5.74) is 12.7. The van der Waals surface area contributed by atoms with Gasteiger partial charge in [0, 0.05) is 6.54 Å². The third-order valence-corrected chi connectivity index (χ3v) is 4.13. The van der Waals surface area contributed by atoms with E-state index >= 15 is 0 Å². The van der Waals surface area contributed by atoms with Gasteiger partial charge in [0.2, 0.25) is 0 Å². The minimum absolute atomic E-state index is 0.225. The average Bonchev–Trinajstić information content (AvgIpc) is 3.29. The highest BCUT2D eigenvalue weighted by Gasteiger charge is 2.50. The number of rotatable bonds is 6. The molecule has 1 saturated carbocycles. The van der Waals surface area contributed by atoms with Crippen LogP contribution in [-0.4, -0.2) is 26.7 Å². The van der Waals surface area contributed by atoms with E-state index in [1.807, 2.05) is 18.2 Å². The summed E-state index contributed by atoms with van der Waals surface area (Å²) in [7, 11) is 2.99. The lowest BCUT2D eigenvalue weighted by atomic mass is 9.77. The molecule has 1 aliphatic rings. The maximum absolute atomic E-state index is 12.2. The number of hydrogen-bond donors (Lipinski definition) is 2. The van der Waals surface area contributed by atoms with E-state index in [0.29, 0.717) is 23.8 Å². The lowest BCUT2D eigenvalue weighted by molar-refractivity contribution is -0.153. The summed E-state index contributed by atoms with van der Waals surface area (Å²) in [6.07, 6.45) is 2.60. The molecule has 110 valence electrons. The predicted molar refractivity (Wildman–Crippen MR) is 77.3 cm³/mol. The van der Waals surface area contributed by atoms with Gasteiger partial charge >= 0.3 is 5.97 Å². The molecular formula is C15H22N2O3. The van der Waals surface area contributed by atoms with Gasteiger partial charge in [0.25, 0.3) is 0 Å². The predicted octanol–water partition coefficient (Wildman–Crippen LogP) is 1.35. The van der Waals surface area contributed by atoms with Gasteiger partial charge < -0.3 is 20.9 Å². The maximum atomic E-state index is 12.2. The Morgan fingerprint density at radius 3 is 2.55 bits per heavy atom. The van der Waals surface area contributed by atoms with Crippen LogP contribution < -0.4 is 16.2 Å². The molecule has 1 aromatic rings. The fourth-order valence-corrected chi connectivity index (χ4v) is 2.80. The normalized spacial score (nSPS) is 17.4. The van der Waals surface area contributed by atoms with Crippen molar-refractivity contribution in [3.8, 4) is 5.75 Å². The maximum Gasteiger partial charge on any atom is 0.313 e. The molecule has 5 heteroatoms. The second-order valence-corrected chi connectivity index (χ2v) is 5.38. The first-order valence-electron chi connectivity index (χ1n) is 6.78. The molecule has 1 fully saturated rings. The number of ether oxygens (including phenoxy) is 2. The molecule has 1 atom stereocenters. The quantitative estimate of drug-likeness (QED) is 0.606. The van der Waals surface area contributed by atoms with Gasteiger partial charge in [0.15, 0.2) is 0 Å². The Morgan fingerprint density at radius 2 is 2.10 bits per heavy atom. The molecule has 2 rings (SSSR count). The lowest BCUT2D eigenvalue weighted by Crippen LogP contribution is -2.43. The van der Waals surface area contributed by atoms with Crippen molar-refractivity contribution in [2.24, 2.45) is 17.1 Å². The smallest absolute Gasteiger partial charge is 0.313 e. The van der Waals surface area contributed by atoms with Gasteiger partial charge in [-0.2, -0.15) is 0 Å². The third kappa shape index (κ3) is 2.58. The third-order valence-electron chi connectivity index (χ3n) is 4.13. The highest BCUT2D eigenvalue weighted by Crippen LogP contribution is 2.48. The van der Waals surface area contributed by atoms with Crippen LogP contribution in [0, 0.1) is 11.3 Å². The van der Waals surface area contributed by atoms with Crippen molar-refractivity contribution < 1.29 is 14.3 Å². The summed E-state index contributed by atoms with van der Waals surface area (Å²) in [5.74, 6) is 0.719. The second-order valence-electron chi connectivity index (χ2n) is 5.38. The number of carbonyl (C=O) groups excluding carboxylic acids is 1. The molecule has 1 aliphatic carbocycles. The molecule has 0 aliphatic heterocycles.